The van der Waals surface area contributed by atoms with Gasteiger partial charge in [0, 0.05) is 18.3 Å². The maximum absolute atomic E-state index is 11.0. The van der Waals surface area contributed by atoms with Crippen molar-refractivity contribution in [3.63, 3.8) is 0 Å². The summed E-state index contributed by atoms with van der Waals surface area (Å²) in [4.78, 5) is 11.0. The first-order valence-corrected chi connectivity index (χ1v) is 6.29. The minimum atomic E-state index is -0.103. The highest BCUT2D eigenvalue weighted by Gasteiger charge is 2.01. The lowest BCUT2D eigenvalue weighted by Gasteiger charge is -2.07. The average molecular weight is 275 g/mol. The van der Waals surface area contributed by atoms with E-state index in [0.29, 0.717) is 13.1 Å². The molecule has 106 valence electrons. The Morgan fingerprint density at radius 3 is 2.95 bits per heavy atom. The van der Waals surface area contributed by atoms with Gasteiger partial charge in [0.25, 0.3) is 0 Å². The van der Waals surface area contributed by atoms with Crippen molar-refractivity contribution < 1.29 is 9.90 Å². The number of rotatable bonds is 6. The molecular weight excluding hydrogens is 258 g/mol. The van der Waals surface area contributed by atoms with Crippen LogP contribution >= 0.6 is 0 Å². The molecule has 0 spiro atoms. The molecule has 1 amide bonds. The predicted molar refractivity (Wildman–Crippen MR) is 75.2 cm³/mol. The van der Waals surface area contributed by atoms with Gasteiger partial charge in [0.1, 0.15) is 5.69 Å². The SMILES string of the molecule is CC(=O)Nc1cccc(NCc2cn(CCO)nn2)c1. The Kier molecular flexibility index (Phi) is 4.67. The monoisotopic (exact) mass is 275 g/mol. The Morgan fingerprint density at radius 2 is 2.20 bits per heavy atom. The van der Waals surface area contributed by atoms with Crippen molar-refractivity contribution in [2.24, 2.45) is 0 Å². The molecule has 2 aromatic rings. The van der Waals surface area contributed by atoms with Crippen LogP contribution in [0.3, 0.4) is 0 Å². The lowest BCUT2D eigenvalue weighted by molar-refractivity contribution is -0.114. The van der Waals surface area contributed by atoms with Crippen LogP contribution in [0, 0.1) is 0 Å². The summed E-state index contributed by atoms with van der Waals surface area (Å²) in [5.74, 6) is -0.103. The number of carbonyl (C=O) groups excluding carboxylic acids is 1. The van der Waals surface area contributed by atoms with Gasteiger partial charge in [-0.1, -0.05) is 11.3 Å². The number of carbonyl (C=O) groups is 1. The molecule has 0 aliphatic heterocycles. The first-order chi connectivity index (χ1) is 9.67. The van der Waals surface area contributed by atoms with Crippen molar-refractivity contribution in [1.82, 2.24) is 15.0 Å². The molecule has 0 fully saturated rings. The molecule has 0 unspecified atom stereocenters. The van der Waals surface area contributed by atoms with Gasteiger partial charge in [-0.05, 0) is 18.2 Å². The summed E-state index contributed by atoms with van der Waals surface area (Å²) in [7, 11) is 0. The Balaban J connectivity index is 1.94. The third kappa shape index (κ3) is 4.06. The molecule has 7 heteroatoms. The molecule has 0 bridgehead atoms. The molecule has 1 aromatic heterocycles. The smallest absolute Gasteiger partial charge is 0.221 e. The van der Waals surface area contributed by atoms with Gasteiger partial charge in [-0.25, -0.2) is 4.68 Å². The second kappa shape index (κ2) is 6.67. The normalized spacial score (nSPS) is 10.3. The summed E-state index contributed by atoms with van der Waals surface area (Å²) in [6, 6.07) is 7.43. The van der Waals surface area contributed by atoms with E-state index in [4.69, 9.17) is 5.11 Å². The number of aromatic nitrogens is 3. The zero-order chi connectivity index (χ0) is 14.4. The van der Waals surface area contributed by atoms with Crippen LogP contribution in [0.2, 0.25) is 0 Å². The van der Waals surface area contributed by atoms with Gasteiger partial charge in [0.05, 0.1) is 25.9 Å². The second-order valence-corrected chi connectivity index (χ2v) is 4.31. The minimum absolute atomic E-state index is 0.0367. The van der Waals surface area contributed by atoms with Gasteiger partial charge in [0.2, 0.25) is 5.91 Å². The molecule has 0 atom stereocenters. The summed E-state index contributed by atoms with van der Waals surface area (Å²) in [5.41, 5.74) is 2.41. The molecular formula is C13H17N5O2. The fraction of sp³-hybridized carbons (Fsp3) is 0.308. The van der Waals surface area contributed by atoms with E-state index >= 15 is 0 Å². The number of hydrogen-bond acceptors (Lipinski definition) is 5. The van der Waals surface area contributed by atoms with Gasteiger partial charge in [0.15, 0.2) is 0 Å². The summed E-state index contributed by atoms with van der Waals surface area (Å²) >= 11 is 0. The predicted octanol–water partition coefficient (Wildman–Crippen LogP) is 0.841. The van der Waals surface area contributed by atoms with Crippen molar-refractivity contribution in [3.8, 4) is 0 Å². The fourth-order valence-electron chi connectivity index (χ4n) is 1.73. The Morgan fingerprint density at radius 1 is 1.40 bits per heavy atom. The standard InChI is InChI=1S/C13H17N5O2/c1-10(20)15-12-4-2-3-11(7-12)14-8-13-9-18(5-6-19)17-16-13/h2-4,7,9,14,19H,5-6,8H2,1H3,(H,15,20). The van der Waals surface area contributed by atoms with Crippen molar-refractivity contribution >= 4 is 17.3 Å². The quantitative estimate of drug-likeness (QED) is 0.726. The van der Waals surface area contributed by atoms with E-state index in [9.17, 15) is 4.79 Å². The Bertz CT molecular complexity index is 582. The summed E-state index contributed by atoms with van der Waals surface area (Å²) < 4.78 is 1.59. The number of aliphatic hydroxyl groups is 1. The summed E-state index contributed by atoms with van der Waals surface area (Å²) in [6.45, 7) is 2.47. The Labute approximate surface area is 116 Å². The molecule has 0 aliphatic carbocycles. The number of amides is 1. The van der Waals surface area contributed by atoms with Crippen molar-refractivity contribution in [2.75, 3.05) is 17.2 Å². The summed E-state index contributed by atoms with van der Waals surface area (Å²) in [6.07, 6.45) is 1.78. The molecule has 3 N–H and O–H groups in total. The van der Waals surface area contributed by atoms with Crippen LogP contribution in [0.15, 0.2) is 30.5 Å². The van der Waals surface area contributed by atoms with Gasteiger partial charge in [-0.3, -0.25) is 4.79 Å². The van der Waals surface area contributed by atoms with Gasteiger partial charge >= 0.3 is 0 Å². The van der Waals surface area contributed by atoms with Crippen LogP contribution in [0.5, 0.6) is 0 Å². The minimum Gasteiger partial charge on any atom is -0.394 e. The molecule has 7 nitrogen and oxygen atoms in total. The number of nitrogens with one attached hydrogen (secondary N) is 2. The van der Waals surface area contributed by atoms with Gasteiger partial charge < -0.3 is 15.7 Å². The zero-order valence-corrected chi connectivity index (χ0v) is 11.2. The highest BCUT2D eigenvalue weighted by Crippen LogP contribution is 2.15. The van der Waals surface area contributed by atoms with E-state index in [1.165, 1.54) is 6.92 Å². The average Bonchev–Trinajstić information content (AvgIpc) is 2.84. The van der Waals surface area contributed by atoms with E-state index in [1.54, 1.807) is 10.9 Å². The fourth-order valence-corrected chi connectivity index (χ4v) is 1.73. The second-order valence-electron chi connectivity index (χ2n) is 4.31. The third-order valence-electron chi connectivity index (χ3n) is 2.57. The van der Waals surface area contributed by atoms with Crippen LogP contribution in [0.25, 0.3) is 0 Å². The largest absolute Gasteiger partial charge is 0.394 e. The van der Waals surface area contributed by atoms with Crippen molar-refractivity contribution in [2.45, 2.75) is 20.0 Å². The molecule has 0 radical (unpaired) electrons. The van der Waals surface area contributed by atoms with E-state index in [-0.39, 0.29) is 12.5 Å². The lowest BCUT2D eigenvalue weighted by Crippen LogP contribution is -2.06. The van der Waals surface area contributed by atoms with Crippen molar-refractivity contribution in [3.05, 3.63) is 36.2 Å². The lowest BCUT2D eigenvalue weighted by atomic mass is 10.2. The molecule has 0 saturated heterocycles. The maximum Gasteiger partial charge on any atom is 0.221 e. The van der Waals surface area contributed by atoms with Gasteiger partial charge in [-0.15, -0.1) is 5.10 Å². The third-order valence-corrected chi connectivity index (χ3v) is 2.57. The van der Waals surface area contributed by atoms with E-state index in [2.05, 4.69) is 20.9 Å². The number of anilines is 2. The van der Waals surface area contributed by atoms with Crippen LogP contribution in [-0.2, 0) is 17.9 Å². The van der Waals surface area contributed by atoms with Gasteiger partial charge in [-0.2, -0.15) is 0 Å². The molecule has 0 aliphatic rings. The first-order valence-electron chi connectivity index (χ1n) is 6.29. The highest BCUT2D eigenvalue weighted by atomic mass is 16.3. The van der Waals surface area contributed by atoms with E-state index < -0.39 is 0 Å². The highest BCUT2D eigenvalue weighted by molar-refractivity contribution is 5.89. The molecule has 1 heterocycles. The number of benzene rings is 1. The van der Waals surface area contributed by atoms with Crippen LogP contribution in [0.4, 0.5) is 11.4 Å². The first kappa shape index (κ1) is 14.0. The Hall–Kier alpha value is -2.41. The topological polar surface area (TPSA) is 92.1 Å². The number of aliphatic hydroxyl groups excluding tert-OH is 1. The zero-order valence-electron chi connectivity index (χ0n) is 11.2. The van der Waals surface area contributed by atoms with Crippen LogP contribution < -0.4 is 10.6 Å². The van der Waals surface area contributed by atoms with Crippen LogP contribution in [0.1, 0.15) is 12.6 Å². The van der Waals surface area contributed by atoms with Crippen LogP contribution in [-0.4, -0.2) is 32.6 Å². The molecule has 2 rings (SSSR count). The van der Waals surface area contributed by atoms with E-state index in [0.717, 1.165) is 17.1 Å². The molecule has 20 heavy (non-hydrogen) atoms. The van der Waals surface area contributed by atoms with Crippen molar-refractivity contribution in [1.29, 1.82) is 0 Å². The maximum atomic E-state index is 11.0. The number of nitrogens with zero attached hydrogens (tertiary/aromatic N) is 3. The molecule has 0 saturated carbocycles. The number of hydrogen-bond donors (Lipinski definition) is 3. The van der Waals surface area contributed by atoms with E-state index in [1.807, 2.05) is 24.3 Å². The summed E-state index contributed by atoms with van der Waals surface area (Å²) in [5, 5.41) is 22.6. The molecule has 1 aromatic carbocycles.